The molecule has 6 heteroatoms. The number of nitrogens with zero attached hydrogens (tertiary/aromatic N) is 1. The van der Waals surface area contributed by atoms with Crippen molar-refractivity contribution in [3.05, 3.63) is 71.9 Å². The van der Waals surface area contributed by atoms with Crippen molar-refractivity contribution in [2.45, 2.75) is 18.7 Å². The van der Waals surface area contributed by atoms with Crippen molar-refractivity contribution in [3.8, 4) is 0 Å². The molecule has 0 saturated heterocycles. The van der Waals surface area contributed by atoms with Gasteiger partial charge in [-0.1, -0.05) is 35.9 Å². The number of hydrogen-bond acceptors (Lipinski definition) is 4. The van der Waals surface area contributed by atoms with E-state index in [2.05, 4.69) is 0 Å². The van der Waals surface area contributed by atoms with E-state index in [0.717, 1.165) is 10.9 Å². The predicted octanol–water partition coefficient (Wildman–Crippen LogP) is 3.76. The summed E-state index contributed by atoms with van der Waals surface area (Å²) in [4.78, 5) is 11.8. The van der Waals surface area contributed by atoms with E-state index in [4.69, 9.17) is 4.74 Å². The van der Waals surface area contributed by atoms with E-state index in [1.165, 1.54) is 16.2 Å². The molecule has 3 aromatic rings. The molecule has 0 spiro atoms. The molecule has 0 aliphatic carbocycles. The number of ether oxygens (including phenoxy) is 1. The van der Waals surface area contributed by atoms with Gasteiger partial charge in [-0.25, -0.2) is 17.2 Å². The van der Waals surface area contributed by atoms with Gasteiger partial charge in [0.05, 0.1) is 17.0 Å². The summed E-state index contributed by atoms with van der Waals surface area (Å²) < 4.78 is 32.3. The van der Waals surface area contributed by atoms with Crippen LogP contribution in [-0.2, 0) is 19.6 Å². The molecule has 2 aromatic carbocycles. The Kier molecular flexibility index (Phi) is 4.95. The molecule has 0 unspecified atom stereocenters. The Morgan fingerprint density at radius 1 is 1.12 bits per heavy atom. The minimum Gasteiger partial charge on any atom is -0.463 e. The van der Waals surface area contributed by atoms with Crippen molar-refractivity contribution >= 4 is 33.0 Å². The smallest absolute Gasteiger partial charge is 0.330 e. The van der Waals surface area contributed by atoms with Gasteiger partial charge in [-0.15, -0.1) is 0 Å². The molecule has 0 amide bonds. The summed E-state index contributed by atoms with van der Waals surface area (Å²) in [6.45, 7) is 3.91. The number of esters is 1. The van der Waals surface area contributed by atoms with Gasteiger partial charge in [0, 0.05) is 23.2 Å². The predicted molar refractivity (Wildman–Crippen MR) is 101 cm³/mol. The summed E-state index contributed by atoms with van der Waals surface area (Å²) in [7, 11) is -3.74. The second kappa shape index (κ2) is 7.17. The number of carbonyl (C=O) groups is 1. The minimum absolute atomic E-state index is 0.213. The molecule has 5 nitrogen and oxygen atoms in total. The van der Waals surface area contributed by atoms with Gasteiger partial charge >= 0.3 is 5.97 Å². The molecule has 1 heterocycles. The number of fused-ring (bicyclic) bond motifs is 1. The average molecular weight is 369 g/mol. The first kappa shape index (κ1) is 17.9. The normalized spacial score (nSPS) is 11.9. The van der Waals surface area contributed by atoms with E-state index >= 15 is 0 Å². The number of hydrogen-bond donors (Lipinski definition) is 0. The third kappa shape index (κ3) is 3.41. The summed E-state index contributed by atoms with van der Waals surface area (Å²) in [6, 6.07) is 13.9. The molecular weight excluding hydrogens is 350 g/mol. The zero-order valence-electron chi connectivity index (χ0n) is 14.5. The first-order chi connectivity index (χ1) is 12.4. The fourth-order valence-corrected chi connectivity index (χ4v) is 4.08. The van der Waals surface area contributed by atoms with Gasteiger partial charge in [0.15, 0.2) is 0 Å². The Hall–Kier alpha value is -2.86. The number of rotatable bonds is 5. The molecule has 0 atom stereocenters. The van der Waals surface area contributed by atoms with Crippen molar-refractivity contribution in [1.29, 1.82) is 0 Å². The fraction of sp³-hybridized carbons (Fsp3) is 0.150. The molecule has 1 aromatic heterocycles. The van der Waals surface area contributed by atoms with Crippen LogP contribution < -0.4 is 0 Å². The molecule has 0 saturated carbocycles. The van der Waals surface area contributed by atoms with E-state index in [1.807, 2.05) is 19.1 Å². The average Bonchev–Trinajstić information content (AvgIpc) is 3.06. The van der Waals surface area contributed by atoms with Crippen LogP contribution in [0.25, 0.3) is 17.0 Å². The molecule has 134 valence electrons. The van der Waals surface area contributed by atoms with Gasteiger partial charge in [-0.2, -0.15) is 0 Å². The standard InChI is InChI=1S/C20H19NO4S/c1-3-25-19(22)12-9-16-5-4-6-17-13-14-21(20(16)17)26(23,24)18-10-7-15(2)8-11-18/h4-14H,3H2,1-2H3. The SMILES string of the molecule is CCOC(=O)C=Cc1cccc2ccn(S(=O)(=O)c3ccc(C)cc3)c12. The molecule has 0 bridgehead atoms. The van der Waals surface area contributed by atoms with E-state index < -0.39 is 16.0 Å². The van der Waals surface area contributed by atoms with Crippen LogP contribution in [0, 0.1) is 6.92 Å². The topological polar surface area (TPSA) is 65.4 Å². The van der Waals surface area contributed by atoms with Crippen molar-refractivity contribution in [2.24, 2.45) is 0 Å². The molecule has 0 radical (unpaired) electrons. The monoisotopic (exact) mass is 369 g/mol. The number of aryl methyl sites for hydroxylation is 1. The third-order valence-electron chi connectivity index (χ3n) is 3.97. The zero-order valence-corrected chi connectivity index (χ0v) is 15.4. The third-order valence-corrected chi connectivity index (χ3v) is 5.66. The maximum Gasteiger partial charge on any atom is 0.330 e. The largest absolute Gasteiger partial charge is 0.463 e. The van der Waals surface area contributed by atoms with E-state index in [-0.39, 0.29) is 11.5 Å². The van der Waals surface area contributed by atoms with Crippen molar-refractivity contribution in [2.75, 3.05) is 6.61 Å². The highest BCUT2D eigenvalue weighted by molar-refractivity contribution is 7.90. The molecule has 0 aliphatic heterocycles. The van der Waals surface area contributed by atoms with Crippen LogP contribution in [0.3, 0.4) is 0 Å². The highest BCUT2D eigenvalue weighted by Crippen LogP contribution is 2.26. The first-order valence-corrected chi connectivity index (χ1v) is 9.64. The lowest BCUT2D eigenvalue weighted by molar-refractivity contribution is -0.137. The molecule has 26 heavy (non-hydrogen) atoms. The lowest BCUT2D eigenvalue weighted by Gasteiger charge is -2.10. The number of aromatic nitrogens is 1. The number of para-hydroxylation sites is 1. The first-order valence-electron chi connectivity index (χ1n) is 8.20. The lowest BCUT2D eigenvalue weighted by atomic mass is 10.1. The maximum absolute atomic E-state index is 13.1. The van der Waals surface area contributed by atoms with Gasteiger partial charge in [0.2, 0.25) is 0 Å². The molecule has 0 aliphatic rings. The molecule has 0 fully saturated rings. The van der Waals surface area contributed by atoms with Crippen LogP contribution >= 0.6 is 0 Å². The van der Waals surface area contributed by atoms with Gasteiger partial charge in [0.1, 0.15) is 0 Å². The summed E-state index contributed by atoms with van der Waals surface area (Å²) in [5.41, 5.74) is 2.13. The van der Waals surface area contributed by atoms with Crippen molar-refractivity contribution < 1.29 is 17.9 Å². The highest BCUT2D eigenvalue weighted by Gasteiger charge is 2.19. The zero-order chi connectivity index (χ0) is 18.7. The van der Waals surface area contributed by atoms with E-state index in [1.54, 1.807) is 49.4 Å². The number of benzene rings is 2. The summed E-state index contributed by atoms with van der Waals surface area (Å²) in [6.07, 6.45) is 4.40. The van der Waals surface area contributed by atoms with Crippen LogP contribution in [0.5, 0.6) is 0 Å². The van der Waals surface area contributed by atoms with Crippen molar-refractivity contribution in [3.63, 3.8) is 0 Å². The fourth-order valence-electron chi connectivity index (χ4n) is 2.70. The Morgan fingerprint density at radius 2 is 1.85 bits per heavy atom. The van der Waals surface area contributed by atoms with Crippen LogP contribution in [0.2, 0.25) is 0 Å². The highest BCUT2D eigenvalue weighted by atomic mass is 32.2. The summed E-state index contributed by atoms with van der Waals surface area (Å²) >= 11 is 0. The molecule has 0 N–H and O–H groups in total. The number of carbonyl (C=O) groups excluding carboxylic acids is 1. The minimum atomic E-state index is -3.74. The Bertz CT molecular complexity index is 1080. The van der Waals surface area contributed by atoms with Crippen LogP contribution in [0.4, 0.5) is 0 Å². The van der Waals surface area contributed by atoms with Crippen LogP contribution in [0.15, 0.2) is 65.7 Å². The second-order valence-corrected chi connectivity index (χ2v) is 7.62. The Morgan fingerprint density at radius 3 is 2.54 bits per heavy atom. The van der Waals surface area contributed by atoms with Gasteiger partial charge in [-0.3, -0.25) is 0 Å². The molecular formula is C20H19NO4S. The van der Waals surface area contributed by atoms with E-state index in [9.17, 15) is 13.2 Å². The van der Waals surface area contributed by atoms with E-state index in [0.29, 0.717) is 11.1 Å². The summed E-state index contributed by atoms with van der Waals surface area (Å²) in [5, 5.41) is 0.770. The van der Waals surface area contributed by atoms with Crippen LogP contribution in [0.1, 0.15) is 18.1 Å². The van der Waals surface area contributed by atoms with Crippen molar-refractivity contribution in [1.82, 2.24) is 3.97 Å². The quantitative estimate of drug-likeness (QED) is 0.507. The van der Waals surface area contributed by atoms with Gasteiger partial charge in [-0.05, 0) is 38.1 Å². The second-order valence-electron chi connectivity index (χ2n) is 5.80. The maximum atomic E-state index is 13.1. The van der Waals surface area contributed by atoms with Crippen LogP contribution in [-0.4, -0.2) is 25.0 Å². The Labute approximate surface area is 152 Å². The summed E-state index contributed by atoms with van der Waals surface area (Å²) in [5.74, 6) is -0.469. The molecule has 3 rings (SSSR count). The van der Waals surface area contributed by atoms with Gasteiger partial charge in [0.25, 0.3) is 10.0 Å². The van der Waals surface area contributed by atoms with Gasteiger partial charge < -0.3 is 4.74 Å². The Balaban J connectivity index is 2.13. The lowest BCUT2D eigenvalue weighted by Crippen LogP contribution is -2.12.